The zero-order chi connectivity index (χ0) is 17.8. The van der Waals surface area contributed by atoms with E-state index in [4.69, 9.17) is 9.47 Å². The second-order valence-electron chi connectivity index (χ2n) is 6.90. The van der Waals surface area contributed by atoms with E-state index in [1.807, 2.05) is 23.1 Å². The van der Waals surface area contributed by atoms with Gasteiger partial charge in [-0.2, -0.15) is 5.10 Å². The Kier molecular flexibility index (Phi) is 4.84. The normalized spacial score (nSPS) is 22.2. The van der Waals surface area contributed by atoms with Gasteiger partial charge in [0.15, 0.2) is 0 Å². The summed E-state index contributed by atoms with van der Waals surface area (Å²) in [5.74, 6) is 0.702. The van der Waals surface area contributed by atoms with E-state index in [0.717, 1.165) is 24.8 Å². The van der Waals surface area contributed by atoms with Crippen LogP contribution in [0.15, 0.2) is 48.7 Å². The van der Waals surface area contributed by atoms with Crippen molar-refractivity contribution in [1.29, 1.82) is 0 Å². The van der Waals surface area contributed by atoms with Gasteiger partial charge in [-0.3, -0.25) is 4.79 Å². The summed E-state index contributed by atoms with van der Waals surface area (Å²) in [5, 5.41) is 7.81. The molecule has 2 aromatic rings. The first kappa shape index (κ1) is 17.0. The van der Waals surface area contributed by atoms with Crippen molar-refractivity contribution in [3.63, 3.8) is 0 Å². The maximum Gasteiger partial charge on any atom is 0.233 e. The molecule has 1 aromatic heterocycles. The smallest absolute Gasteiger partial charge is 0.233 e. The number of amides is 1. The molecular formula is C20H23N3O3. The van der Waals surface area contributed by atoms with Crippen molar-refractivity contribution >= 4 is 5.91 Å². The number of hydrogen-bond acceptors (Lipinski definition) is 5. The van der Waals surface area contributed by atoms with Crippen LogP contribution in [-0.4, -0.2) is 53.4 Å². The molecule has 2 fully saturated rings. The maximum atomic E-state index is 13.5. The highest BCUT2D eigenvalue weighted by Gasteiger charge is 2.45. The Morgan fingerprint density at radius 1 is 1.15 bits per heavy atom. The van der Waals surface area contributed by atoms with E-state index < -0.39 is 5.41 Å². The van der Waals surface area contributed by atoms with Crippen LogP contribution in [0.25, 0.3) is 0 Å². The second kappa shape index (κ2) is 7.41. The van der Waals surface area contributed by atoms with Crippen molar-refractivity contribution in [3.05, 3.63) is 54.2 Å². The van der Waals surface area contributed by atoms with E-state index in [9.17, 15) is 4.79 Å². The Balaban J connectivity index is 1.50. The average molecular weight is 353 g/mol. The monoisotopic (exact) mass is 353 g/mol. The maximum absolute atomic E-state index is 13.5. The van der Waals surface area contributed by atoms with Gasteiger partial charge in [0.2, 0.25) is 11.8 Å². The number of hydrogen-bond donors (Lipinski definition) is 0. The van der Waals surface area contributed by atoms with Crippen LogP contribution in [-0.2, 0) is 14.9 Å². The fourth-order valence-electron chi connectivity index (χ4n) is 3.94. The van der Waals surface area contributed by atoms with Gasteiger partial charge in [-0.05, 0) is 24.5 Å². The highest BCUT2D eigenvalue weighted by atomic mass is 16.5. The molecule has 136 valence electrons. The van der Waals surface area contributed by atoms with Gasteiger partial charge in [0.1, 0.15) is 6.10 Å². The number of nitrogens with zero attached hydrogens (tertiary/aromatic N) is 3. The first-order chi connectivity index (χ1) is 12.8. The van der Waals surface area contributed by atoms with Crippen LogP contribution in [0.2, 0.25) is 0 Å². The number of benzene rings is 1. The lowest BCUT2D eigenvalue weighted by atomic mass is 9.73. The Hall–Kier alpha value is -2.47. The molecule has 0 N–H and O–H groups in total. The summed E-state index contributed by atoms with van der Waals surface area (Å²) in [6.45, 7) is 2.53. The first-order valence-electron chi connectivity index (χ1n) is 9.15. The number of aromatic nitrogens is 2. The number of ether oxygens (including phenoxy) is 2. The van der Waals surface area contributed by atoms with Crippen molar-refractivity contribution in [3.8, 4) is 5.88 Å². The number of carbonyl (C=O) groups is 1. The zero-order valence-electron chi connectivity index (χ0n) is 14.7. The minimum absolute atomic E-state index is 0.0386. The minimum Gasteiger partial charge on any atom is -0.471 e. The molecule has 6 heteroatoms. The van der Waals surface area contributed by atoms with Crippen LogP contribution in [0, 0.1) is 0 Å². The SMILES string of the molecule is O=C(N1CCC(Oc2cccnn2)C1)C1(c2ccccc2)CCOCC1. The molecular weight excluding hydrogens is 330 g/mol. The lowest BCUT2D eigenvalue weighted by molar-refractivity contribution is -0.140. The van der Waals surface area contributed by atoms with Crippen molar-refractivity contribution in [2.75, 3.05) is 26.3 Å². The van der Waals surface area contributed by atoms with Crippen LogP contribution >= 0.6 is 0 Å². The van der Waals surface area contributed by atoms with E-state index in [0.29, 0.717) is 32.2 Å². The lowest BCUT2D eigenvalue weighted by Gasteiger charge is -2.39. The molecule has 3 heterocycles. The van der Waals surface area contributed by atoms with Crippen LogP contribution in [0.5, 0.6) is 5.88 Å². The van der Waals surface area contributed by atoms with Crippen LogP contribution < -0.4 is 4.74 Å². The molecule has 2 aliphatic rings. The fourth-order valence-corrected chi connectivity index (χ4v) is 3.94. The van der Waals surface area contributed by atoms with Crippen LogP contribution in [0.3, 0.4) is 0 Å². The van der Waals surface area contributed by atoms with Crippen LogP contribution in [0.1, 0.15) is 24.8 Å². The standard InChI is InChI=1S/C20H23N3O3/c24-19(20(9-13-25-14-10-20)16-5-2-1-3-6-16)23-12-8-17(15-23)26-18-7-4-11-21-22-18/h1-7,11,17H,8-10,12-15H2. The first-order valence-corrected chi connectivity index (χ1v) is 9.15. The summed E-state index contributed by atoms with van der Waals surface area (Å²) in [7, 11) is 0. The van der Waals surface area contributed by atoms with Gasteiger partial charge in [0.25, 0.3) is 0 Å². The molecule has 26 heavy (non-hydrogen) atoms. The molecule has 0 aliphatic carbocycles. The topological polar surface area (TPSA) is 64.6 Å². The second-order valence-corrected chi connectivity index (χ2v) is 6.90. The summed E-state index contributed by atoms with van der Waals surface area (Å²) < 4.78 is 11.4. The van der Waals surface area contributed by atoms with Gasteiger partial charge in [-0.25, -0.2) is 0 Å². The zero-order valence-corrected chi connectivity index (χ0v) is 14.7. The third-order valence-electron chi connectivity index (χ3n) is 5.35. The molecule has 6 nitrogen and oxygen atoms in total. The van der Waals surface area contributed by atoms with Gasteiger partial charge in [-0.15, -0.1) is 5.10 Å². The highest BCUT2D eigenvalue weighted by molar-refractivity contribution is 5.88. The van der Waals surface area contributed by atoms with E-state index in [2.05, 4.69) is 22.3 Å². The summed E-state index contributed by atoms with van der Waals surface area (Å²) in [6.07, 6.45) is 3.84. The Labute approximate surface area is 153 Å². The van der Waals surface area contributed by atoms with Gasteiger partial charge in [0, 0.05) is 38.4 Å². The summed E-state index contributed by atoms with van der Waals surface area (Å²) in [6, 6.07) is 13.7. The van der Waals surface area contributed by atoms with Crippen molar-refractivity contribution in [1.82, 2.24) is 15.1 Å². The largest absolute Gasteiger partial charge is 0.471 e. The van der Waals surface area contributed by atoms with Crippen molar-refractivity contribution in [2.45, 2.75) is 30.8 Å². The van der Waals surface area contributed by atoms with Crippen molar-refractivity contribution < 1.29 is 14.3 Å². The molecule has 2 saturated heterocycles. The molecule has 0 bridgehead atoms. The van der Waals surface area contributed by atoms with Crippen molar-refractivity contribution in [2.24, 2.45) is 0 Å². The van der Waals surface area contributed by atoms with Gasteiger partial charge in [-0.1, -0.05) is 30.3 Å². The van der Waals surface area contributed by atoms with Gasteiger partial charge < -0.3 is 14.4 Å². The fraction of sp³-hybridized carbons (Fsp3) is 0.450. The number of carbonyl (C=O) groups excluding carboxylic acids is 1. The molecule has 1 aromatic carbocycles. The number of likely N-dealkylation sites (tertiary alicyclic amines) is 1. The molecule has 0 radical (unpaired) electrons. The van der Waals surface area contributed by atoms with E-state index in [-0.39, 0.29) is 12.0 Å². The molecule has 4 rings (SSSR count). The van der Waals surface area contributed by atoms with E-state index >= 15 is 0 Å². The minimum atomic E-state index is -0.485. The molecule has 0 saturated carbocycles. The molecule has 1 atom stereocenters. The van der Waals surface area contributed by atoms with Crippen LogP contribution in [0.4, 0.5) is 0 Å². The molecule has 1 unspecified atom stereocenters. The van der Waals surface area contributed by atoms with E-state index in [1.54, 1.807) is 18.3 Å². The summed E-state index contributed by atoms with van der Waals surface area (Å²) in [4.78, 5) is 15.5. The highest BCUT2D eigenvalue weighted by Crippen LogP contribution is 2.37. The summed E-state index contributed by atoms with van der Waals surface area (Å²) in [5.41, 5.74) is 0.604. The molecule has 0 spiro atoms. The molecule has 1 amide bonds. The summed E-state index contributed by atoms with van der Waals surface area (Å²) >= 11 is 0. The number of rotatable bonds is 4. The molecule has 2 aliphatic heterocycles. The Morgan fingerprint density at radius 3 is 2.69 bits per heavy atom. The third kappa shape index (κ3) is 3.29. The predicted octanol–water partition coefficient (Wildman–Crippen LogP) is 2.20. The van der Waals surface area contributed by atoms with E-state index in [1.165, 1.54) is 0 Å². The van der Waals surface area contributed by atoms with Gasteiger partial charge in [0.05, 0.1) is 12.0 Å². The Morgan fingerprint density at radius 2 is 1.96 bits per heavy atom. The average Bonchev–Trinajstić information content (AvgIpc) is 3.18. The third-order valence-corrected chi connectivity index (χ3v) is 5.35. The predicted molar refractivity (Wildman–Crippen MR) is 95.8 cm³/mol. The lowest BCUT2D eigenvalue weighted by Crippen LogP contribution is -2.49. The Bertz CT molecular complexity index is 732. The quantitative estimate of drug-likeness (QED) is 0.843. The van der Waals surface area contributed by atoms with Gasteiger partial charge >= 0.3 is 0 Å².